The van der Waals surface area contributed by atoms with Crippen LogP contribution in [0.4, 0.5) is 0 Å². The lowest BCUT2D eigenvalue weighted by Crippen LogP contribution is -2.37. The monoisotopic (exact) mass is 426 g/mol. The zero-order valence-electron chi connectivity index (χ0n) is 18.3. The molecule has 0 aliphatic carbocycles. The molecule has 0 saturated heterocycles. The fourth-order valence-electron chi connectivity index (χ4n) is 3.43. The van der Waals surface area contributed by atoms with Gasteiger partial charge in [-0.05, 0) is 43.9 Å². The SMILES string of the molecule is Cc1ccccc1-c1nnc(SCC(=O)N(C)C(C)CC(C)C)n1Cc1ccco1. The molecule has 30 heavy (non-hydrogen) atoms. The summed E-state index contributed by atoms with van der Waals surface area (Å²) in [6, 6.07) is 12.1. The lowest BCUT2D eigenvalue weighted by Gasteiger charge is -2.26. The van der Waals surface area contributed by atoms with Gasteiger partial charge in [0.05, 0.1) is 18.6 Å². The Morgan fingerprint density at radius 2 is 1.93 bits per heavy atom. The van der Waals surface area contributed by atoms with Crippen molar-refractivity contribution in [2.75, 3.05) is 12.8 Å². The van der Waals surface area contributed by atoms with E-state index in [-0.39, 0.29) is 11.9 Å². The maximum absolute atomic E-state index is 12.7. The smallest absolute Gasteiger partial charge is 0.233 e. The highest BCUT2D eigenvalue weighted by Crippen LogP contribution is 2.27. The van der Waals surface area contributed by atoms with E-state index in [4.69, 9.17) is 4.42 Å². The number of amides is 1. The Labute approximate surface area is 182 Å². The third-order valence-electron chi connectivity index (χ3n) is 5.19. The van der Waals surface area contributed by atoms with Gasteiger partial charge in [0.25, 0.3) is 0 Å². The van der Waals surface area contributed by atoms with Gasteiger partial charge in [-0.15, -0.1) is 10.2 Å². The minimum atomic E-state index is 0.0955. The van der Waals surface area contributed by atoms with Crippen LogP contribution < -0.4 is 0 Å². The molecule has 0 fully saturated rings. The van der Waals surface area contributed by atoms with Crippen molar-refractivity contribution < 1.29 is 9.21 Å². The molecule has 2 aromatic heterocycles. The molecule has 1 atom stereocenters. The molecule has 0 N–H and O–H groups in total. The average molecular weight is 427 g/mol. The minimum Gasteiger partial charge on any atom is -0.467 e. The summed E-state index contributed by atoms with van der Waals surface area (Å²) >= 11 is 1.42. The van der Waals surface area contributed by atoms with Gasteiger partial charge in [0.15, 0.2) is 11.0 Å². The molecule has 2 heterocycles. The molecule has 3 aromatic rings. The Balaban J connectivity index is 1.81. The number of nitrogens with zero attached hydrogens (tertiary/aromatic N) is 4. The van der Waals surface area contributed by atoms with Crippen molar-refractivity contribution in [2.24, 2.45) is 5.92 Å². The Morgan fingerprint density at radius 1 is 1.17 bits per heavy atom. The van der Waals surface area contributed by atoms with Gasteiger partial charge in [0.1, 0.15) is 5.76 Å². The second-order valence-electron chi connectivity index (χ2n) is 8.06. The van der Waals surface area contributed by atoms with Crippen molar-refractivity contribution in [3.8, 4) is 11.4 Å². The number of benzene rings is 1. The van der Waals surface area contributed by atoms with Crippen molar-refractivity contribution >= 4 is 17.7 Å². The van der Waals surface area contributed by atoms with Gasteiger partial charge in [-0.2, -0.15) is 0 Å². The second-order valence-corrected chi connectivity index (χ2v) is 9.00. The van der Waals surface area contributed by atoms with Crippen molar-refractivity contribution in [3.63, 3.8) is 0 Å². The molecule has 1 unspecified atom stereocenters. The van der Waals surface area contributed by atoms with E-state index in [1.165, 1.54) is 11.8 Å². The van der Waals surface area contributed by atoms with Gasteiger partial charge in [0.2, 0.25) is 5.91 Å². The zero-order valence-corrected chi connectivity index (χ0v) is 19.1. The highest BCUT2D eigenvalue weighted by atomic mass is 32.2. The molecule has 3 rings (SSSR count). The van der Waals surface area contributed by atoms with E-state index in [9.17, 15) is 4.79 Å². The predicted molar refractivity (Wildman–Crippen MR) is 120 cm³/mol. The molecule has 0 aliphatic rings. The molecule has 160 valence electrons. The summed E-state index contributed by atoms with van der Waals surface area (Å²) in [6.07, 6.45) is 2.65. The average Bonchev–Trinajstić information content (AvgIpc) is 3.36. The number of hydrogen-bond acceptors (Lipinski definition) is 5. The van der Waals surface area contributed by atoms with Crippen LogP contribution in [0.1, 0.15) is 38.5 Å². The number of furan rings is 1. The maximum Gasteiger partial charge on any atom is 0.233 e. The number of thioether (sulfide) groups is 1. The molecule has 0 bridgehead atoms. The summed E-state index contributed by atoms with van der Waals surface area (Å²) in [5.74, 6) is 2.57. The third kappa shape index (κ3) is 5.33. The van der Waals surface area contributed by atoms with E-state index in [0.29, 0.717) is 23.4 Å². The molecule has 1 amide bonds. The summed E-state index contributed by atoms with van der Waals surface area (Å²) in [7, 11) is 1.88. The van der Waals surface area contributed by atoms with Crippen LogP contribution in [0, 0.1) is 12.8 Å². The summed E-state index contributed by atoms with van der Waals surface area (Å²) in [6.45, 7) is 9.02. The van der Waals surface area contributed by atoms with Crippen LogP contribution in [0.5, 0.6) is 0 Å². The summed E-state index contributed by atoms with van der Waals surface area (Å²) in [4.78, 5) is 14.6. The minimum absolute atomic E-state index is 0.0955. The van der Waals surface area contributed by atoms with Crippen LogP contribution in [0.25, 0.3) is 11.4 Å². The molecule has 0 aliphatic heterocycles. The van der Waals surface area contributed by atoms with Gasteiger partial charge in [0, 0.05) is 18.7 Å². The second kappa shape index (κ2) is 9.98. The maximum atomic E-state index is 12.7. The largest absolute Gasteiger partial charge is 0.467 e. The van der Waals surface area contributed by atoms with E-state index in [1.807, 2.05) is 46.8 Å². The third-order valence-corrected chi connectivity index (χ3v) is 6.14. The number of carbonyl (C=O) groups is 1. The molecular formula is C23H30N4O2S. The van der Waals surface area contributed by atoms with Crippen LogP contribution in [-0.4, -0.2) is 44.4 Å². The first-order valence-corrected chi connectivity index (χ1v) is 11.3. The predicted octanol–water partition coefficient (Wildman–Crippen LogP) is 4.88. The summed E-state index contributed by atoms with van der Waals surface area (Å²) in [5, 5.41) is 9.56. The lowest BCUT2D eigenvalue weighted by atomic mass is 10.0. The topological polar surface area (TPSA) is 64.2 Å². The standard InChI is InChI=1S/C23H30N4O2S/c1-16(2)13-18(4)26(5)21(28)15-30-23-25-24-22(20-11-7-6-9-17(20)3)27(23)14-19-10-8-12-29-19/h6-12,16,18H,13-15H2,1-5H3. The van der Waals surface area contributed by atoms with Crippen LogP contribution >= 0.6 is 11.8 Å². The van der Waals surface area contributed by atoms with Crippen LogP contribution in [0.2, 0.25) is 0 Å². The van der Waals surface area contributed by atoms with E-state index in [2.05, 4.69) is 44.0 Å². The number of rotatable bonds is 9. The first-order valence-electron chi connectivity index (χ1n) is 10.3. The molecule has 0 saturated carbocycles. The fourth-order valence-corrected chi connectivity index (χ4v) is 4.30. The fraction of sp³-hybridized carbons (Fsp3) is 0.435. The highest BCUT2D eigenvalue weighted by molar-refractivity contribution is 7.99. The van der Waals surface area contributed by atoms with Crippen LogP contribution in [0.15, 0.2) is 52.2 Å². The summed E-state index contributed by atoms with van der Waals surface area (Å²) in [5.41, 5.74) is 2.15. The van der Waals surface area contributed by atoms with Gasteiger partial charge >= 0.3 is 0 Å². The Kier molecular flexibility index (Phi) is 7.37. The number of aromatic nitrogens is 3. The number of carbonyl (C=O) groups excluding carboxylic acids is 1. The first kappa shape index (κ1) is 22.2. The molecule has 7 heteroatoms. The normalized spacial score (nSPS) is 12.3. The van der Waals surface area contributed by atoms with E-state index < -0.39 is 0 Å². The van der Waals surface area contributed by atoms with Gasteiger partial charge < -0.3 is 9.32 Å². The van der Waals surface area contributed by atoms with Crippen molar-refractivity contribution in [1.82, 2.24) is 19.7 Å². The van der Waals surface area contributed by atoms with Crippen molar-refractivity contribution in [2.45, 2.75) is 51.9 Å². The highest BCUT2D eigenvalue weighted by Gasteiger charge is 2.21. The molecule has 0 spiro atoms. The quantitative estimate of drug-likeness (QED) is 0.456. The lowest BCUT2D eigenvalue weighted by molar-refractivity contribution is -0.129. The van der Waals surface area contributed by atoms with Crippen molar-refractivity contribution in [3.05, 3.63) is 54.0 Å². The molecule has 6 nitrogen and oxygen atoms in total. The van der Waals surface area contributed by atoms with Gasteiger partial charge in [-0.3, -0.25) is 9.36 Å². The number of aryl methyl sites for hydroxylation is 1. The van der Waals surface area contributed by atoms with Gasteiger partial charge in [-0.1, -0.05) is 49.9 Å². The Hall–Kier alpha value is -2.54. The first-order chi connectivity index (χ1) is 14.4. The molecular weight excluding hydrogens is 396 g/mol. The van der Waals surface area contributed by atoms with Crippen LogP contribution in [-0.2, 0) is 11.3 Å². The van der Waals surface area contributed by atoms with E-state index in [0.717, 1.165) is 29.1 Å². The van der Waals surface area contributed by atoms with E-state index in [1.54, 1.807) is 6.26 Å². The van der Waals surface area contributed by atoms with Gasteiger partial charge in [-0.25, -0.2) is 0 Å². The molecule has 0 radical (unpaired) electrons. The van der Waals surface area contributed by atoms with Crippen molar-refractivity contribution in [1.29, 1.82) is 0 Å². The van der Waals surface area contributed by atoms with E-state index >= 15 is 0 Å². The van der Waals surface area contributed by atoms with Crippen LogP contribution in [0.3, 0.4) is 0 Å². The Bertz CT molecular complexity index is 966. The Morgan fingerprint density at radius 3 is 2.60 bits per heavy atom. The summed E-state index contributed by atoms with van der Waals surface area (Å²) < 4.78 is 7.58. The number of hydrogen-bond donors (Lipinski definition) is 0. The zero-order chi connectivity index (χ0) is 21.7. The molecule has 1 aromatic carbocycles.